The van der Waals surface area contributed by atoms with Gasteiger partial charge < -0.3 is 15.2 Å². The molecule has 2 aliphatic carbocycles. The van der Waals surface area contributed by atoms with Crippen LogP contribution in [0.1, 0.15) is 56.4 Å². The summed E-state index contributed by atoms with van der Waals surface area (Å²) in [4.78, 5) is 0. The summed E-state index contributed by atoms with van der Waals surface area (Å²) in [6.07, 6.45) is 8.68. The van der Waals surface area contributed by atoms with E-state index >= 15 is 0 Å². The molecule has 0 aromatic heterocycles. The molecular formula is C17H25NO2. The van der Waals surface area contributed by atoms with Gasteiger partial charge in [-0.3, -0.25) is 0 Å². The van der Waals surface area contributed by atoms with Gasteiger partial charge >= 0.3 is 0 Å². The molecule has 3 heteroatoms. The van der Waals surface area contributed by atoms with Gasteiger partial charge in [0.05, 0.1) is 13.2 Å². The van der Waals surface area contributed by atoms with Crippen LogP contribution in [0.4, 0.5) is 0 Å². The van der Waals surface area contributed by atoms with Crippen LogP contribution in [0.2, 0.25) is 0 Å². The van der Waals surface area contributed by atoms with Crippen molar-refractivity contribution in [2.75, 3.05) is 7.11 Å². The molecular weight excluding hydrogens is 250 g/mol. The van der Waals surface area contributed by atoms with E-state index < -0.39 is 0 Å². The van der Waals surface area contributed by atoms with Crippen LogP contribution in [-0.4, -0.2) is 19.3 Å². The number of ether oxygens (including phenoxy) is 2. The van der Waals surface area contributed by atoms with Crippen LogP contribution in [-0.2, 0) is 0 Å². The van der Waals surface area contributed by atoms with Crippen LogP contribution >= 0.6 is 0 Å². The third-order valence-electron chi connectivity index (χ3n) is 4.73. The Kier molecular flexibility index (Phi) is 4.16. The second-order valence-electron chi connectivity index (χ2n) is 6.20. The van der Waals surface area contributed by atoms with Gasteiger partial charge in [-0.2, -0.15) is 0 Å². The van der Waals surface area contributed by atoms with Gasteiger partial charge in [-0.25, -0.2) is 0 Å². The number of nitrogens with two attached hydrogens (primary N) is 1. The minimum absolute atomic E-state index is 0.362. The molecule has 2 atom stereocenters. The van der Waals surface area contributed by atoms with Gasteiger partial charge in [-0.1, -0.05) is 6.07 Å². The van der Waals surface area contributed by atoms with Crippen LogP contribution in [0, 0.1) is 0 Å². The lowest BCUT2D eigenvalue weighted by Crippen LogP contribution is -2.14. The van der Waals surface area contributed by atoms with Crippen molar-refractivity contribution < 1.29 is 9.47 Å². The zero-order chi connectivity index (χ0) is 13.9. The first-order valence-electron chi connectivity index (χ1n) is 7.86. The molecule has 110 valence electrons. The smallest absolute Gasteiger partial charge is 0.161 e. The fraction of sp³-hybridized carbons (Fsp3) is 0.647. The van der Waals surface area contributed by atoms with Crippen molar-refractivity contribution in [1.82, 2.24) is 0 Å². The average molecular weight is 275 g/mol. The molecule has 2 fully saturated rings. The fourth-order valence-corrected chi connectivity index (χ4v) is 3.54. The Hall–Kier alpha value is -1.22. The lowest BCUT2D eigenvalue weighted by molar-refractivity contribution is 0.200. The number of methoxy groups -OCH3 is 1. The first kappa shape index (κ1) is 13.7. The van der Waals surface area contributed by atoms with Gasteiger partial charge in [0.15, 0.2) is 11.5 Å². The molecule has 0 aliphatic heterocycles. The van der Waals surface area contributed by atoms with E-state index in [1.807, 2.05) is 6.07 Å². The molecule has 3 rings (SSSR count). The van der Waals surface area contributed by atoms with Crippen LogP contribution in [0.15, 0.2) is 18.2 Å². The molecule has 2 saturated carbocycles. The van der Waals surface area contributed by atoms with E-state index in [4.69, 9.17) is 15.2 Å². The van der Waals surface area contributed by atoms with Crippen molar-refractivity contribution >= 4 is 0 Å². The van der Waals surface area contributed by atoms with E-state index in [-0.39, 0.29) is 0 Å². The Balaban J connectivity index is 1.78. The Morgan fingerprint density at radius 3 is 2.50 bits per heavy atom. The molecule has 0 amide bonds. The number of benzene rings is 1. The summed E-state index contributed by atoms with van der Waals surface area (Å²) in [5.41, 5.74) is 7.39. The van der Waals surface area contributed by atoms with Crippen molar-refractivity contribution in [3.63, 3.8) is 0 Å². The second-order valence-corrected chi connectivity index (χ2v) is 6.20. The Bertz CT molecular complexity index is 454. The van der Waals surface area contributed by atoms with Crippen LogP contribution in [0.3, 0.4) is 0 Å². The molecule has 0 spiro atoms. The van der Waals surface area contributed by atoms with Gasteiger partial charge in [-0.05, 0) is 68.6 Å². The molecule has 0 saturated heterocycles. The van der Waals surface area contributed by atoms with E-state index in [0.717, 1.165) is 24.3 Å². The highest BCUT2D eigenvalue weighted by molar-refractivity contribution is 5.44. The highest BCUT2D eigenvalue weighted by Crippen LogP contribution is 2.39. The largest absolute Gasteiger partial charge is 0.493 e. The summed E-state index contributed by atoms with van der Waals surface area (Å²) in [6.45, 7) is 0. The van der Waals surface area contributed by atoms with Crippen LogP contribution in [0.25, 0.3) is 0 Å². The maximum absolute atomic E-state index is 6.17. The van der Waals surface area contributed by atoms with Crippen molar-refractivity contribution in [3.05, 3.63) is 23.8 Å². The number of hydrogen-bond donors (Lipinski definition) is 1. The van der Waals surface area contributed by atoms with E-state index in [1.54, 1.807) is 7.11 Å². The maximum Gasteiger partial charge on any atom is 0.161 e. The minimum Gasteiger partial charge on any atom is -0.493 e. The van der Waals surface area contributed by atoms with Crippen LogP contribution < -0.4 is 15.2 Å². The van der Waals surface area contributed by atoms with Gasteiger partial charge in [-0.15, -0.1) is 0 Å². The topological polar surface area (TPSA) is 44.5 Å². The highest BCUT2D eigenvalue weighted by atomic mass is 16.5. The number of rotatable bonds is 4. The Labute approximate surface area is 121 Å². The third kappa shape index (κ3) is 2.93. The van der Waals surface area contributed by atoms with E-state index in [1.165, 1.54) is 37.7 Å². The van der Waals surface area contributed by atoms with Gasteiger partial charge in [0.25, 0.3) is 0 Å². The molecule has 0 heterocycles. The standard InChI is InChI=1S/C17H25NO2/c1-19-16-9-7-13(12-6-8-14(18)10-12)11-17(16)20-15-4-2-3-5-15/h7,9,11-12,14-15H,2-6,8,10,18H2,1H3. The normalized spacial score (nSPS) is 26.9. The molecule has 20 heavy (non-hydrogen) atoms. The van der Waals surface area contributed by atoms with Gasteiger partial charge in [0.1, 0.15) is 0 Å². The average Bonchev–Trinajstić information content (AvgIpc) is 3.10. The van der Waals surface area contributed by atoms with Crippen molar-refractivity contribution in [2.24, 2.45) is 5.73 Å². The van der Waals surface area contributed by atoms with Crippen molar-refractivity contribution in [2.45, 2.75) is 63.0 Å². The summed E-state index contributed by atoms with van der Waals surface area (Å²) in [5.74, 6) is 2.35. The molecule has 3 nitrogen and oxygen atoms in total. The quantitative estimate of drug-likeness (QED) is 0.913. The number of hydrogen-bond acceptors (Lipinski definition) is 3. The molecule has 1 aromatic rings. The molecule has 2 N–H and O–H groups in total. The lowest BCUT2D eigenvalue weighted by Gasteiger charge is -2.18. The zero-order valence-corrected chi connectivity index (χ0v) is 12.3. The van der Waals surface area contributed by atoms with E-state index in [9.17, 15) is 0 Å². The Morgan fingerprint density at radius 2 is 1.85 bits per heavy atom. The summed E-state index contributed by atoms with van der Waals surface area (Å²) < 4.78 is 11.6. The molecule has 1 aromatic carbocycles. The molecule has 0 radical (unpaired) electrons. The molecule has 2 aliphatic rings. The van der Waals surface area contributed by atoms with Gasteiger partial charge in [0, 0.05) is 6.04 Å². The minimum atomic E-state index is 0.362. The third-order valence-corrected chi connectivity index (χ3v) is 4.73. The predicted molar refractivity (Wildman–Crippen MR) is 80.4 cm³/mol. The summed E-state index contributed by atoms with van der Waals surface area (Å²) in [5, 5.41) is 0. The SMILES string of the molecule is COc1ccc(C2CCC(N)C2)cc1OC1CCCC1. The monoisotopic (exact) mass is 275 g/mol. The fourth-order valence-electron chi connectivity index (χ4n) is 3.54. The Morgan fingerprint density at radius 1 is 1.05 bits per heavy atom. The predicted octanol–water partition coefficient (Wildman–Crippen LogP) is 3.61. The maximum atomic E-state index is 6.17. The zero-order valence-electron chi connectivity index (χ0n) is 12.3. The van der Waals surface area contributed by atoms with Gasteiger partial charge in [0.2, 0.25) is 0 Å². The lowest BCUT2D eigenvalue weighted by atomic mass is 9.97. The van der Waals surface area contributed by atoms with Crippen molar-refractivity contribution in [1.29, 1.82) is 0 Å². The summed E-state index contributed by atoms with van der Waals surface area (Å²) in [7, 11) is 1.71. The summed E-state index contributed by atoms with van der Waals surface area (Å²) >= 11 is 0. The van der Waals surface area contributed by atoms with E-state index in [0.29, 0.717) is 18.1 Å². The second kappa shape index (κ2) is 6.04. The van der Waals surface area contributed by atoms with E-state index in [2.05, 4.69) is 12.1 Å². The summed E-state index contributed by atoms with van der Waals surface area (Å²) in [6, 6.07) is 6.76. The molecule has 0 bridgehead atoms. The molecule has 2 unspecified atom stereocenters. The first-order chi connectivity index (χ1) is 9.76. The van der Waals surface area contributed by atoms with Crippen molar-refractivity contribution in [3.8, 4) is 11.5 Å². The highest BCUT2D eigenvalue weighted by Gasteiger charge is 2.25. The first-order valence-corrected chi connectivity index (χ1v) is 7.86. The van der Waals surface area contributed by atoms with Crippen LogP contribution in [0.5, 0.6) is 11.5 Å².